The highest BCUT2D eigenvalue weighted by atomic mass is 16.2. The molecule has 0 aromatic heterocycles. The van der Waals surface area contributed by atoms with Crippen molar-refractivity contribution in [2.24, 2.45) is 11.8 Å². The van der Waals surface area contributed by atoms with E-state index in [9.17, 15) is 14.4 Å². The number of anilines is 1. The zero-order chi connectivity index (χ0) is 24.9. The summed E-state index contributed by atoms with van der Waals surface area (Å²) in [5, 5.41) is 3.44. The number of nitrogens with one attached hydrogen (secondary N) is 1. The van der Waals surface area contributed by atoms with Gasteiger partial charge in [-0.1, -0.05) is 91.0 Å². The molecule has 6 heteroatoms. The van der Waals surface area contributed by atoms with Crippen LogP contribution < -0.4 is 10.2 Å². The Morgan fingerprint density at radius 2 is 1.50 bits per heavy atom. The zero-order valence-corrected chi connectivity index (χ0v) is 20.0. The van der Waals surface area contributed by atoms with Gasteiger partial charge in [-0.3, -0.25) is 24.6 Å². The molecular formula is C30H27N3O3. The predicted octanol–water partition coefficient (Wildman–Crippen LogP) is 3.74. The topological polar surface area (TPSA) is 69.7 Å². The molecule has 6 rings (SSSR count). The van der Waals surface area contributed by atoms with Crippen molar-refractivity contribution in [3.63, 3.8) is 0 Å². The number of para-hydroxylation sites is 1. The Labute approximate surface area is 210 Å². The standard InChI is InChI=1S/C30H27N3O3/c1-20-25-26(28(35)33(27(25)34)19-22-13-6-3-7-14-22)30(31-20)23-16-8-9-17-24(23)32(29(30)36)18-10-15-21-11-4-2-5-12-21/h2-17,20,25-26,31H,18-19H2,1H3/b15-10+. The maximum Gasteiger partial charge on any atom is 0.253 e. The molecule has 1 N–H and O–H groups in total. The molecule has 1 spiro atoms. The normalized spacial score (nSPS) is 26.9. The number of imide groups is 1. The monoisotopic (exact) mass is 477 g/mol. The van der Waals surface area contributed by atoms with Crippen molar-refractivity contribution < 1.29 is 14.4 Å². The maximum atomic E-state index is 14.2. The summed E-state index contributed by atoms with van der Waals surface area (Å²) < 4.78 is 0. The van der Waals surface area contributed by atoms with E-state index < -0.39 is 17.4 Å². The fourth-order valence-corrected chi connectivity index (χ4v) is 6.13. The zero-order valence-electron chi connectivity index (χ0n) is 20.0. The van der Waals surface area contributed by atoms with Gasteiger partial charge >= 0.3 is 0 Å². The minimum atomic E-state index is -1.25. The van der Waals surface area contributed by atoms with Gasteiger partial charge in [0.15, 0.2) is 0 Å². The molecule has 2 fully saturated rings. The number of nitrogens with zero attached hydrogens (tertiary/aromatic N) is 2. The lowest BCUT2D eigenvalue weighted by molar-refractivity contribution is -0.143. The van der Waals surface area contributed by atoms with Crippen molar-refractivity contribution in [2.75, 3.05) is 11.4 Å². The molecule has 3 aromatic carbocycles. The first-order valence-corrected chi connectivity index (χ1v) is 12.3. The molecule has 2 saturated heterocycles. The Morgan fingerprint density at radius 3 is 2.25 bits per heavy atom. The highest BCUT2D eigenvalue weighted by Crippen LogP contribution is 2.54. The number of benzene rings is 3. The van der Waals surface area contributed by atoms with Crippen LogP contribution in [0.5, 0.6) is 0 Å². The lowest BCUT2D eigenvalue weighted by Gasteiger charge is -2.30. The van der Waals surface area contributed by atoms with Crippen LogP contribution in [0, 0.1) is 11.8 Å². The van der Waals surface area contributed by atoms with E-state index in [0.29, 0.717) is 6.54 Å². The molecule has 4 unspecified atom stereocenters. The van der Waals surface area contributed by atoms with E-state index in [1.807, 2.05) is 104 Å². The fraction of sp³-hybridized carbons (Fsp3) is 0.233. The van der Waals surface area contributed by atoms with Crippen LogP contribution in [-0.2, 0) is 26.5 Å². The molecule has 0 bridgehead atoms. The molecule has 0 saturated carbocycles. The van der Waals surface area contributed by atoms with Gasteiger partial charge in [-0.15, -0.1) is 0 Å². The number of hydrogen-bond donors (Lipinski definition) is 1. The van der Waals surface area contributed by atoms with Crippen molar-refractivity contribution in [3.05, 3.63) is 108 Å². The number of fused-ring (bicyclic) bond motifs is 4. The average molecular weight is 478 g/mol. The van der Waals surface area contributed by atoms with E-state index in [2.05, 4.69) is 5.32 Å². The summed E-state index contributed by atoms with van der Waals surface area (Å²) in [7, 11) is 0. The van der Waals surface area contributed by atoms with Gasteiger partial charge in [0, 0.05) is 23.8 Å². The Kier molecular flexibility index (Phi) is 5.34. The number of amides is 3. The first-order chi connectivity index (χ1) is 17.5. The van der Waals surface area contributed by atoms with Crippen LogP contribution in [0.3, 0.4) is 0 Å². The molecular weight excluding hydrogens is 450 g/mol. The van der Waals surface area contributed by atoms with Crippen molar-refractivity contribution in [3.8, 4) is 0 Å². The summed E-state index contributed by atoms with van der Waals surface area (Å²) in [6.07, 6.45) is 3.95. The predicted molar refractivity (Wildman–Crippen MR) is 138 cm³/mol. The summed E-state index contributed by atoms with van der Waals surface area (Å²) in [6, 6.07) is 26.7. The summed E-state index contributed by atoms with van der Waals surface area (Å²) in [6.45, 7) is 2.49. The van der Waals surface area contributed by atoms with Gasteiger partial charge in [-0.05, 0) is 24.1 Å². The second kappa shape index (κ2) is 8.57. The Balaban J connectivity index is 1.36. The van der Waals surface area contributed by atoms with E-state index in [1.165, 1.54) is 4.90 Å². The number of likely N-dealkylation sites (tertiary alicyclic amines) is 1. The highest BCUT2D eigenvalue weighted by Gasteiger charge is 2.70. The smallest absolute Gasteiger partial charge is 0.253 e. The molecule has 0 radical (unpaired) electrons. The largest absolute Gasteiger partial charge is 0.306 e. The minimum Gasteiger partial charge on any atom is -0.306 e. The second-order valence-corrected chi connectivity index (χ2v) is 9.74. The summed E-state index contributed by atoms with van der Waals surface area (Å²) in [5.41, 5.74) is 2.24. The number of carbonyl (C=O) groups excluding carboxylic acids is 3. The summed E-state index contributed by atoms with van der Waals surface area (Å²) in [4.78, 5) is 44.6. The molecule has 4 atom stereocenters. The third kappa shape index (κ3) is 3.25. The van der Waals surface area contributed by atoms with Crippen molar-refractivity contribution in [1.82, 2.24) is 10.2 Å². The van der Waals surface area contributed by atoms with Gasteiger partial charge in [0.1, 0.15) is 5.54 Å². The first-order valence-electron chi connectivity index (χ1n) is 12.3. The third-order valence-electron chi connectivity index (χ3n) is 7.69. The molecule has 3 aliphatic rings. The van der Waals surface area contributed by atoms with Crippen LogP contribution in [0.2, 0.25) is 0 Å². The third-order valence-corrected chi connectivity index (χ3v) is 7.69. The van der Waals surface area contributed by atoms with Crippen molar-refractivity contribution in [1.29, 1.82) is 0 Å². The molecule has 6 nitrogen and oxygen atoms in total. The van der Waals surface area contributed by atoms with Gasteiger partial charge < -0.3 is 4.90 Å². The van der Waals surface area contributed by atoms with Crippen LogP contribution in [0.1, 0.15) is 23.6 Å². The molecule has 3 heterocycles. The summed E-state index contributed by atoms with van der Waals surface area (Å²) in [5.74, 6) is -2.03. The van der Waals surface area contributed by atoms with E-state index >= 15 is 0 Å². The quantitative estimate of drug-likeness (QED) is 0.569. The number of hydrogen-bond acceptors (Lipinski definition) is 4. The fourth-order valence-electron chi connectivity index (χ4n) is 6.13. The van der Waals surface area contributed by atoms with Crippen molar-refractivity contribution in [2.45, 2.75) is 25.0 Å². The van der Waals surface area contributed by atoms with Crippen LogP contribution >= 0.6 is 0 Å². The van der Waals surface area contributed by atoms with Gasteiger partial charge in [0.25, 0.3) is 5.91 Å². The minimum absolute atomic E-state index is 0.177. The van der Waals surface area contributed by atoms with E-state index in [1.54, 1.807) is 4.90 Å². The summed E-state index contributed by atoms with van der Waals surface area (Å²) >= 11 is 0. The first kappa shape index (κ1) is 22.4. The Hall–Kier alpha value is -4.03. The molecule has 3 amide bonds. The van der Waals surface area contributed by atoms with Crippen LogP contribution in [0.4, 0.5) is 5.69 Å². The van der Waals surface area contributed by atoms with E-state index in [4.69, 9.17) is 0 Å². The van der Waals surface area contributed by atoms with E-state index in [-0.39, 0.29) is 30.3 Å². The lowest BCUT2D eigenvalue weighted by Crippen LogP contribution is -2.54. The second-order valence-electron chi connectivity index (χ2n) is 9.74. The van der Waals surface area contributed by atoms with Gasteiger partial charge in [0.05, 0.1) is 18.4 Å². The van der Waals surface area contributed by atoms with Gasteiger partial charge in [0.2, 0.25) is 11.8 Å². The highest BCUT2D eigenvalue weighted by molar-refractivity contribution is 6.16. The maximum absolute atomic E-state index is 14.2. The molecule has 0 aliphatic carbocycles. The average Bonchev–Trinajstić information content (AvgIpc) is 3.44. The van der Waals surface area contributed by atoms with Gasteiger partial charge in [-0.2, -0.15) is 0 Å². The molecule has 180 valence electrons. The SMILES string of the molecule is CC1NC2(C(=O)N(C/C=C/c3ccccc3)c3ccccc32)C2C(=O)N(Cc3ccccc3)C(=O)C12. The van der Waals surface area contributed by atoms with Gasteiger partial charge in [-0.25, -0.2) is 0 Å². The Morgan fingerprint density at radius 1 is 0.833 bits per heavy atom. The van der Waals surface area contributed by atoms with Crippen molar-refractivity contribution >= 4 is 29.5 Å². The molecule has 3 aliphatic heterocycles. The van der Waals surface area contributed by atoms with E-state index in [0.717, 1.165) is 22.4 Å². The number of carbonyl (C=O) groups is 3. The number of rotatable bonds is 5. The van der Waals surface area contributed by atoms with Crippen LogP contribution in [0.25, 0.3) is 6.08 Å². The lowest BCUT2D eigenvalue weighted by atomic mass is 9.76. The molecule has 3 aromatic rings. The Bertz CT molecular complexity index is 1370. The van der Waals surface area contributed by atoms with Crippen LogP contribution in [-0.4, -0.2) is 35.2 Å². The van der Waals surface area contributed by atoms with Crippen LogP contribution in [0.15, 0.2) is 91.0 Å². The molecule has 36 heavy (non-hydrogen) atoms.